The fourth-order valence-corrected chi connectivity index (χ4v) is 3.42. The zero-order chi connectivity index (χ0) is 19.8. The summed E-state index contributed by atoms with van der Waals surface area (Å²) in [4.78, 5) is 12.5. The van der Waals surface area contributed by atoms with Crippen LogP contribution in [-0.2, 0) is 4.79 Å². The monoisotopic (exact) mass is 396 g/mol. The Balaban J connectivity index is 1.82. The van der Waals surface area contributed by atoms with Crippen LogP contribution in [-0.4, -0.2) is 22.8 Å². The number of carbonyl (C=O) groups excluding carboxylic acids is 1. The number of hydrogen-bond donors (Lipinski definition) is 2. The molecule has 142 valence electrons. The Morgan fingerprint density at radius 1 is 1.21 bits per heavy atom. The van der Waals surface area contributed by atoms with Crippen LogP contribution < -0.4 is 10.1 Å². The van der Waals surface area contributed by atoms with Gasteiger partial charge in [0.25, 0.3) is 5.91 Å². The van der Waals surface area contributed by atoms with Crippen LogP contribution >= 0.6 is 11.6 Å². The minimum absolute atomic E-state index is 0.120. The second-order valence-corrected chi connectivity index (χ2v) is 6.75. The Morgan fingerprint density at radius 3 is 2.61 bits per heavy atom. The maximum absolute atomic E-state index is 12.5. The van der Waals surface area contributed by atoms with Crippen LogP contribution in [0.2, 0.25) is 5.02 Å². The van der Waals surface area contributed by atoms with Crippen LogP contribution in [0.4, 0.5) is 5.69 Å². The van der Waals surface area contributed by atoms with Gasteiger partial charge in [-0.2, -0.15) is 0 Å². The van der Waals surface area contributed by atoms with Crippen LogP contribution in [0.5, 0.6) is 5.75 Å². The van der Waals surface area contributed by atoms with E-state index in [1.54, 1.807) is 25.1 Å². The summed E-state index contributed by atoms with van der Waals surface area (Å²) in [5, 5.41) is 17.6. The Morgan fingerprint density at radius 2 is 1.96 bits per heavy atom. The molecule has 2 aromatic carbocycles. The number of nitrogens with one attached hydrogen (secondary N) is 1. The van der Waals surface area contributed by atoms with Gasteiger partial charge in [0.1, 0.15) is 5.75 Å². The fraction of sp³-hybridized carbons (Fsp3) is 0.143. The van der Waals surface area contributed by atoms with Crippen molar-refractivity contribution in [2.75, 3.05) is 11.9 Å². The average Bonchev–Trinajstić information content (AvgIpc) is 3.24. The van der Waals surface area contributed by atoms with E-state index in [1.807, 2.05) is 31.2 Å². The van der Waals surface area contributed by atoms with Crippen LogP contribution in [0.25, 0.3) is 22.5 Å². The third-order valence-corrected chi connectivity index (χ3v) is 4.74. The SMILES string of the molecule is CCOc1ccc(-c2cc3c(cc2Cl)NC(=O)/C3=C(/O)c2cc(C)no2)cc1. The number of benzene rings is 2. The van der Waals surface area contributed by atoms with E-state index >= 15 is 0 Å². The van der Waals surface area contributed by atoms with Crippen LogP contribution in [0.3, 0.4) is 0 Å². The van der Waals surface area contributed by atoms with Crippen molar-refractivity contribution in [3.05, 3.63) is 64.5 Å². The molecular formula is C21H17ClN2O4. The normalized spacial score (nSPS) is 14.6. The van der Waals surface area contributed by atoms with E-state index in [0.29, 0.717) is 28.6 Å². The van der Waals surface area contributed by atoms with Crippen molar-refractivity contribution in [2.24, 2.45) is 0 Å². The molecule has 0 atom stereocenters. The van der Waals surface area contributed by atoms with Crippen LogP contribution in [0.1, 0.15) is 23.9 Å². The highest BCUT2D eigenvalue weighted by molar-refractivity contribution is 6.38. The number of carbonyl (C=O) groups is 1. The summed E-state index contributed by atoms with van der Waals surface area (Å²) in [7, 11) is 0. The second kappa shape index (κ2) is 7.05. The lowest BCUT2D eigenvalue weighted by molar-refractivity contribution is -0.110. The summed E-state index contributed by atoms with van der Waals surface area (Å²) < 4.78 is 10.6. The highest BCUT2D eigenvalue weighted by Crippen LogP contribution is 2.42. The van der Waals surface area contributed by atoms with Crippen molar-refractivity contribution < 1.29 is 19.2 Å². The number of aryl methyl sites for hydroxylation is 1. The summed E-state index contributed by atoms with van der Waals surface area (Å²) >= 11 is 6.45. The van der Waals surface area contributed by atoms with Crippen LogP contribution in [0.15, 0.2) is 47.0 Å². The molecule has 4 rings (SSSR count). The quantitative estimate of drug-likeness (QED) is 0.474. The van der Waals surface area contributed by atoms with E-state index in [9.17, 15) is 9.90 Å². The van der Waals surface area contributed by atoms with Gasteiger partial charge in [-0.25, -0.2) is 0 Å². The standard InChI is InChI=1S/C21H17ClN2O4/c1-3-27-13-6-4-12(5-7-13)14-9-15-17(10-16(14)22)23-21(26)19(15)20(25)18-8-11(2)24-28-18/h4-10,25H,3H2,1-2H3,(H,23,26)/b20-19+. The minimum Gasteiger partial charge on any atom is -0.504 e. The van der Waals surface area contributed by atoms with Gasteiger partial charge < -0.3 is 19.7 Å². The summed E-state index contributed by atoms with van der Waals surface area (Å²) in [6.45, 7) is 4.24. The highest BCUT2D eigenvalue weighted by Gasteiger charge is 2.31. The van der Waals surface area contributed by atoms with E-state index in [-0.39, 0.29) is 17.1 Å². The Hall–Kier alpha value is -3.25. The molecular weight excluding hydrogens is 380 g/mol. The zero-order valence-electron chi connectivity index (χ0n) is 15.2. The number of aliphatic hydroxyl groups excluding tert-OH is 1. The van der Waals surface area contributed by atoms with Gasteiger partial charge in [0, 0.05) is 17.2 Å². The van der Waals surface area contributed by atoms with Gasteiger partial charge in [0.05, 0.1) is 28.6 Å². The number of amides is 1. The molecule has 7 heteroatoms. The first-order chi connectivity index (χ1) is 13.5. The lowest BCUT2D eigenvalue weighted by atomic mass is 9.98. The summed E-state index contributed by atoms with van der Waals surface area (Å²) in [5.41, 5.74) is 3.40. The highest BCUT2D eigenvalue weighted by atomic mass is 35.5. The molecule has 1 aliphatic heterocycles. The number of aliphatic hydroxyl groups is 1. The molecule has 0 bridgehead atoms. The summed E-state index contributed by atoms with van der Waals surface area (Å²) in [5.74, 6) is 0.200. The average molecular weight is 397 g/mol. The molecule has 2 heterocycles. The van der Waals surface area contributed by atoms with Gasteiger partial charge in [-0.1, -0.05) is 28.9 Å². The van der Waals surface area contributed by atoms with Crippen molar-refractivity contribution in [1.82, 2.24) is 5.16 Å². The Kier molecular flexibility index (Phi) is 4.57. The van der Waals surface area contributed by atoms with E-state index in [2.05, 4.69) is 10.5 Å². The third-order valence-electron chi connectivity index (χ3n) is 4.43. The first-order valence-corrected chi connectivity index (χ1v) is 9.11. The lowest BCUT2D eigenvalue weighted by Gasteiger charge is -2.10. The first-order valence-electron chi connectivity index (χ1n) is 8.73. The molecule has 0 saturated heterocycles. The summed E-state index contributed by atoms with van der Waals surface area (Å²) in [6.07, 6.45) is 0. The van der Waals surface area contributed by atoms with Crippen molar-refractivity contribution >= 4 is 34.5 Å². The van der Waals surface area contributed by atoms with Gasteiger partial charge in [-0.3, -0.25) is 4.79 Å². The van der Waals surface area contributed by atoms with E-state index in [1.165, 1.54) is 0 Å². The van der Waals surface area contributed by atoms with Gasteiger partial charge in [0.2, 0.25) is 5.76 Å². The second-order valence-electron chi connectivity index (χ2n) is 6.35. The molecule has 0 fully saturated rings. The number of anilines is 1. The van der Waals surface area contributed by atoms with Crippen molar-refractivity contribution in [3.8, 4) is 16.9 Å². The largest absolute Gasteiger partial charge is 0.504 e. The smallest absolute Gasteiger partial charge is 0.260 e. The van der Waals surface area contributed by atoms with E-state index in [0.717, 1.165) is 16.9 Å². The summed E-state index contributed by atoms with van der Waals surface area (Å²) in [6, 6.07) is 12.5. The first kappa shape index (κ1) is 18.1. The number of aromatic nitrogens is 1. The molecule has 0 saturated carbocycles. The number of rotatable bonds is 4. The molecule has 1 aromatic heterocycles. The number of fused-ring (bicyclic) bond motifs is 1. The number of ether oxygens (including phenoxy) is 1. The predicted molar refractivity (Wildman–Crippen MR) is 107 cm³/mol. The predicted octanol–water partition coefficient (Wildman–Crippen LogP) is 5.08. The van der Waals surface area contributed by atoms with Gasteiger partial charge >= 0.3 is 0 Å². The molecule has 2 N–H and O–H groups in total. The molecule has 0 radical (unpaired) electrons. The van der Waals surface area contributed by atoms with Gasteiger partial charge in [-0.15, -0.1) is 0 Å². The van der Waals surface area contributed by atoms with E-state index < -0.39 is 5.91 Å². The number of halogens is 1. The molecule has 1 aliphatic rings. The topological polar surface area (TPSA) is 84.6 Å². The molecule has 1 amide bonds. The van der Waals surface area contributed by atoms with Gasteiger partial charge in [-0.05, 0) is 43.7 Å². The van der Waals surface area contributed by atoms with Crippen molar-refractivity contribution in [3.63, 3.8) is 0 Å². The molecule has 0 spiro atoms. The maximum Gasteiger partial charge on any atom is 0.260 e. The zero-order valence-corrected chi connectivity index (χ0v) is 16.0. The minimum atomic E-state index is -0.429. The fourth-order valence-electron chi connectivity index (χ4n) is 3.14. The molecule has 0 unspecified atom stereocenters. The lowest BCUT2D eigenvalue weighted by Crippen LogP contribution is -2.05. The molecule has 3 aromatic rings. The van der Waals surface area contributed by atoms with Gasteiger partial charge in [0.15, 0.2) is 5.76 Å². The molecule has 6 nitrogen and oxygen atoms in total. The Labute approximate surface area is 166 Å². The van der Waals surface area contributed by atoms with Crippen LogP contribution in [0, 0.1) is 6.92 Å². The number of hydrogen-bond acceptors (Lipinski definition) is 5. The number of nitrogens with zero attached hydrogens (tertiary/aromatic N) is 1. The maximum atomic E-state index is 12.5. The molecule has 0 aliphatic carbocycles. The van der Waals surface area contributed by atoms with Crippen molar-refractivity contribution in [2.45, 2.75) is 13.8 Å². The van der Waals surface area contributed by atoms with Crippen molar-refractivity contribution in [1.29, 1.82) is 0 Å². The Bertz CT molecular complexity index is 1100. The molecule has 28 heavy (non-hydrogen) atoms. The van der Waals surface area contributed by atoms with E-state index in [4.69, 9.17) is 20.9 Å². The third kappa shape index (κ3) is 3.12.